The first-order chi connectivity index (χ1) is 62.8. The number of fused-ring (bicyclic) bond motifs is 7. The first-order valence-corrected chi connectivity index (χ1v) is 47.2. The summed E-state index contributed by atoms with van der Waals surface area (Å²) in [4.78, 5) is 42.6. The molecular formula is C111H131N3O14. The number of carbonyl (C=O) groups is 3. The number of allylic oxidation sites excluding steroid dienone is 2. The number of aldehydes is 1. The Bertz CT molecular complexity index is 5350. The van der Waals surface area contributed by atoms with Gasteiger partial charge in [0.15, 0.2) is 5.78 Å². The molecule has 5 aliphatic heterocycles. The highest BCUT2D eigenvalue weighted by atomic mass is 16.5. The van der Waals surface area contributed by atoms with E-state index in [1.807, 2.05) is 61.5 Å². The summed E-state index contributed by atoms with van der Waals surface area (Å²) >= 11 is 0. The van der Waals surface area contributed by atoms with Crippen molar-refractivity contribution in [3.63, 3.8) is 0 Å². The highest BCUT2D eigenvalue weighted by Gasteiger charge is 2.27. The van der Waals surface area contributed by atoms with Crippen LogP contribution in [0.15, 0.2) is 156 Å². The van der Waals surface area contributed by atoms with Crippen LogP contribution in [0.1, 0.15) is 260 Å². The van der Waals surface area contributed by atoms with Gasteiger partial charge in [-0.3, -0.25) is 24.4 Å². The van der Waals surface area contributed by atoms with E-state index in [0.29, 0.717) is 44.4 Å². The number of carbonyl (C=O) groups excluding carboxylic acids is 3. The van der Waals surface area contributed by atoms with Crippen molar-refractivity contribution >= 4 is 35.7 Å². The molecule has 7 heterocycles. The number of methoxy groups -OCH3 is 2. The van der Waals surface area contributed by atoms with Crippen molar-refractivity contribution in [3.8, 4) is 74.3 Å². The first-order valence-electron chi connectivity index (χ1n) is 47.2. The predicted molar refractivity (Wildman–Crippen MR) is 509 cm³/mol. The van der Waals surface area contributed by atoms with E-state index in [1.54, 1.807) is 20.3 Å². The smallest absolute Gasteiger partial charge is 0.158 e. The minimum atomic E-state index is 0.169. The van der Waals surface area contributed by atoms with Gasteiger partial charge in [-0.1, -0.05) is 60.1 Å². The minimum Gasteiger partial charge on any atom is -0.497 e. The Morgan fingerprint density at radius 1 is 0.422 bits per heavy atom. The molecule has 0 saturated heterocycles. The highest BCUT2D eigenvalue weighted by molar-refractivity contribution is 6.04. The van der Waals surface area contributed by atoms with Crippen LogP contribution in [0.4, 0.5) is 0 Å². The third-order valence-electron chi connectivity index (χ3n) is 25.3. The van der Waals surface area contributed by atoms with Crippen LogP contribution in [-0.2, 0) is 103 Å². The van der Waals surface area contributed by atoms with Crippen molar-refractivity contribution in [2.24, 2.45) is 5.16 Å². The summed E-state index contributed by atoms with van der Waals surface area (Å²) in [7, 11) is 3.35. The molecule has 0 radical (unpaired) electrons. The Kier molecular flexibility index (Phi) is 36.9. The fourth-order valence-corrected chi connectivity index (χ4v) is 18.5. The molecule has 17 heteroatoms. The van der Waals surface area contributed by atoms with Crippen LogP contribution in [0.2, 0.25) is 0 Å². The average Bonchev–Trinajstić information content (AvgIpc) is 0.761. The van der Waals surface area contributed by atoms with E-state index < -0.39 is 0 Å². The number of ketones is 2. The van der Waals surface area contributed by atoms with Crippen molar-refractivity contribution in [2.75, 3.05) is 67.1 Å². The number of hydrogen-bond acceptors (Lipinski definition) is 17. The molecule has 7 aromatic carbocycles. The van der Waals surface area contributed by atoms with Crippen LogP contribution < -0.4 is 33.2 Å². The second-order valence-corrected chi connectivity index (χ2v) is 34.5. The lowest BCUT2D eigenvalue weighted by molar-refractivity contribution is -0.120. The normalized spacial score (nSPS) is 17.0. The molecule has 10 aliphatic rings. The molecule has 0 unspecified atom stereocenters. The zero-order valence-corrected chi connectivity index (χ0v) is 76.3. The predicted octanol–water partition coefficient (Wildman–Crippen LogP) is 23.1. The van der Waals surface area contributed by atoms with E-state index in [0.717, 1.165) is 303 Å². The van der Waals surface area contributed by atoms with Gasteiger partial charge in [-0.25, -0.2) is 0 Å². The van der Waals surface area contributed by atoms with Crippen LogP contribution in [0, 0.1) is 25.7 Å². The maximum absolute atomic E-state index is 11.8. The number of aromatic nitrogens is 2. The Morgan fingerprint density at radius 2 is 0.820 bits per heavy atom. The Morgan fingerprint density at radius 3 is 1.26 bits per heavy atom. The summed E-state index contributed by atoms with van der Waals surface area (Å²) in [5.74, 6) is 13.4. The zero-order valence-electron chi connectivity index (χ0n) is 76.3. The molecule has 5 aliphatic carbocycles. The first kappa shape index (κ1) is 94.5. The summed E-state index contributed by atoms with van der Waals surface area (Å²) in [6.07, 6.45) is 40.8. The van der Waals surface area contributed by atoms with E-state index in [9.17, 15) is 19.5 Å². The van der Waals surface area contributed by atoms with Gasteiger partial charge in [-0.15, -0.1) is 11.8 Å². The number of nitrogens with zero attached hydrogens (tertiary/aromatic N) is 3. The number of hydrogen-bond donors (Lipinski definition) is 2. The van der Waals surface area contributed by atoms with E-state index in [-0.39, 0.29) is 6.61 Å². The lowest BCUT2D eigenvalue weighted by atomic mass is 9.84. The van der Waals surface area contributed by atoms with Crippen LogP contribution in [-0.4, -0.2) is 111 Å². The van der Waals surface area contributed by atoms with E-state index in [2.05, 4.69) is 122 Å². The number of rotatable bonds is 18. The number of oxime groups is 1. The lowest BCUT2D eigenvalue weighted by Crippen LogP contribution is -2.14. The number of Topliss-reactive ketones (excluding diaryl/α,β-unsaturated/α-hetero) is 2. The zero-order chi connectivity index (χ0) is 89.0. The van der Waals surface area contributed by atoms with Gasteiger partial charge in [0.2, 0.25) is 0 Å². The standard InChI is InChI=1S/C29H33NO3.C21H25NO2.C16H19NO2.C16H18O2.C13H16O2.C10H10O2.C6H10O/c1-20-25(15-17-32-19-21-9-12-24(31-2)13-10-21)29(26-7-3-4-8-27(26)30-20)23-11-14-28-22(18-23)6-5-16-33-28;1-14-17(10-11-23)21(18-6-2-3-7-19(18)22-14)16-8-9-20-15(13-16)5-4-12-24-20;18-17-15-6-2-1-4-13(15)10-12-7-8-16-14(11-12)5-3-9-19-16;17-15-6-2-1-4-13(15)10-12-7-8-16-14(11-12)5-3-9-18-16;1-3-4-5-10-15-11-12-6-8-13(14-2)9-7-12;11-7-8-3-4-10-9(6-8)2-1-5-12-10;7-6-4-2-1-3-5-6/h9-14,18H,3-8,15-17,19H2,1-2H3;8-9,13,23H,2-7,10-12H2,1H3;7-8,10-11,18H,1-6,9H2;7-8,10-11H,1-6,9H2;6-9H,5,10-11H2,1-2H3;3-4,6-7H,1-2,5H2;1-5H2/b;;13-10+,17-15-;13-10+;;;. The van der Waals surface area contributed by atoms with Crippen LogP contribution in [0.5, 0.6) is 40.2 Å². The average molecular weight is 1730 g/mol. The van der Waals surface area contributed by atoms with Gasteiger partial charge in [-0.05, 0) is 416 Å². The number of pyridine rings is 2. The van der Waals surface area contributed by atoms with E-state index >= 15 is 0 Å². The second-order valence-electron chi connectivity index (χ2n) is 34.5. The van der Waals surface area contributed by atoms with Gasteiger partial charge in [0, 0.05) is 60.6 Å². The summed E-state index contributed by atoms with van der Waals surface area (Å²) in [6.45, 7) is 13.0. The Hall–Kier alpha value is -11.2. The summed E-state index contributed by atoms with van der Waals surface area (Å²) in [5, 5.41) is 22.1. The maximum atomic E-state index is 11.8. The molecule has 2 aromatic heterocycles. The summed E-state index contributed by atoms with van der Waals surface area (Å²) in [6, 6.07) is 47.5. The molecular weight excluding hydrogens is 1600 g/mol. The third-order valence-corrected chi connectivity index (χ3v) is 25.3. The summed E-state index contributed by atoms with van der Waals surface area (Å²) in [5.41, 5.74) is 30.3. The van der Waals surface area contributed by atoms with Gasteiger partial charge in [0.25, 0.3) is 0 Å². The van der Waals surface area contributed by atoms with Crippen LogP contribution in [0.25, 0.3) is 34.4 Å². The quantitative estimate of drug-likeness (QED) is 0.0204. The van der Waals surface area contributed by atoms with Crippen molar-refractivity contribution in [1.29, 1.82) is 0 Å². The molecule has 0 spiro atoms. The third kappa shape index (κ3) is 27.2. The molecule has 128 heavy (non-hydrogen) atoms. The molecule has 674 valence electrons. The molecule has 17 nitrogen and oxygen atoms in total. The van der Waals surface area contributed by atoms with Crippen LogP contribution >= 0.6 is 0 Å². The fourth-order valence-electron chi connectivity index (χ4n) is 18.5. The monoisotopic (exact) mass is 1730 g/mol. The number of aryl methyl sites for hydroxylation is 9. The van der Waals surface area contributed by atoms with Crippen LogP contribution in [0.3, 0.4) is 0 Å². The summed E-state index contributed by atoms with van der Waals surface area (Å²) < 4.78 is 50.1. The van der Waals surface area contributed by atoms with Crippen molar-refractivity contribution in [2.45, 2.75) is 252 Å². The topological polar surface area (TPSA) is 213 Å². The van der Waals surface area contributed by atoms with Crippen molar-refractivity contribution < 1.29 is 67.3 Å². The molecule has 0 amide bonds. The number of benzene rings is 7. The van der Waals surface area contributed by atoms with Gasteiger partial charge in [-0.2, -0.15) is 0 Å². The molecule has 0 atom stereocenters. The van der Waals surface area contributed by atoms with Gasteiger partial charge in [0.1, 0.15) is 52.3 Å². The Balaban J connectivity index is 0.000000133. The van der Waals surface area contributed by atoms with Gasteiger partial charge < -0.3 is 52.9 Å². The molecule has 3 fully saturated rings. The molecule has 3 saturated carbocycles. The van der Waals surface area contributed by atoms with E-state index in [4.69, 9.17) is 57.8 Å². The molecule has 0 bridgehead atoms. The maximum Gasteiger partial charge on any atom is 0.158 e. The van der Waals surface area contributed by atoms with Gasteiger partial charge in [0.05, 0.1) is 79.4 Å². The van der Waals surface area contributed by atoms with Gasteiger partial charge >= 0.3 is 0 Å². The molecule has 2 N–H and O–H groups in total. The van der Waals surface area contributed by atoms with E-state index in [1.165, 1.54) is 128 Å². The van der Waals surface area contributed by atoms with Crippen molar-refractivity contribution in [1.82, 2.24) is 9.97 Å². The SMILES string of the molecule is CC#CCCOCc1ccc(OC)cc1.COc1ccc(COCCc2c(C)nc3c(c2-c2ccc4c(c2)CCCO4)CCCC3)cc1.Cc1nc2c(c(-c3ccc4c(c3)CCCO4)c1CCO)CCCC2.O/N=C1/CCCC/C1=C\c1ccc2c(c1)CCCO2.O=C1CCCC/C1=C\c1ccc2c(c1)CCCO2.O=C1CCCCC1.O=Cc1ccc2c(c1)CCCO2. The largest absolute Gasteiger partial charge is 0.497 e. The molecule has 19 rings (SSSR count). The fraction of sp³-hybridized carbons (Fsp3) is 0.441. The van der Waals surface area contributed by atoms with Crippen molar-refractivity contribution in [3.05, 3.63) is 251 Å². The lowest BCUT2D eigenvalue weighted by Gasteiger charge is -2.25. The highest BCUT2D eigenvalue weighted by Crippen LogP contribution is 2.42. The molecule has 9 aromatic rings. The second kappa shape index (κ2) is 50.0. The number of ether oxygens (including phenoxy) is 9. The number of aliphatic hydroxyl groups excluding tert-OH is 1. The number of aliphatic hydroxyl groups is 1. The minimum absolute atomic E-state index is 0.169. The Labute approximate surface area is 758 Å².